The lowest BCUT2D eigenvalue weighted by molar-refractivity contribution is 0.417. The molecule has 39 heavy (non-hydrogen) atoms. The van der Waals surface area contributed by atoms with Crippen molar-refractivity contribution in [3.8, 4) is 33.8 Å². The lowest BCUT2D eigenvalue weighted by atomic mass is 9.99. The quantitative estimate of drug-likeness (QED) is 0.216. The fourth-order valence-electron chi connectivity index (χ4n) is 4.53. The number of anilines is 4. The highest BCUT2D eigenvalue weighted by atomic mass is 19.1. The zero-order valence-electron chi connectivity index (χ0n) is 22.2. The predicted octanol–water partition coefficient (Wildman–Crippen LogP) is 8.07. The molecule has 4 aromatic carbocycles. The van der Waals surface area contributed by atoms with Crippen molar-refractivity contribution in [3.05, 3.63) is 108 Å². The highest BCUT2D eigenvalue weighted by Crippen LogP contribution is 2.37. The molecule has 1 aromatic heterocycles. The number of methoxy groups -OCH3 is 2. The van der Waals surface area contributed by atoms with Crippen LogP contribution in [0.15, 0.2) is 91.1 Å². The van der Waals surface area contributed by atoms with E-state index in [4.69, 9.17) is 9.47 Å². The van der Waals surface area contributed by atoms with Crippen LogP contribution in [0, 0.1) is 19.7 Å². The molecule has 0 aliphatic rings. The molecule has 0 spiro atoms. The molecule has 0 aliphatic carbocycles. The zero-order chi connectivity index (χ0) is 27.4. The molecule has 2 N–H and O–H groups in total. The summed E-state index contributed by atoms with van der Waals surface area (Å²) in [4.78, 5) is 8.57. The minimum Gasteiger partial charge on any atom is -0.495 e. The Hall–Kier alpha value is -4.91. The summed E-state index contributed by atoms with van der Waals surface area (Å²) in [5.41, 5.74) is 7.58. The van der Waals surface area contributed by atoms with Crippen molar-refractivity contribution in [2.75, 3.05) is 24.9 Å². The number of ether oxygens (including phenoxy) is 2. The van der Waals surface area contributed by atoms with E-state index in [1.165, 1.54) is 0 Å². The SMILES string of the molecule is COc1cc(-c2ccccc2)c(C)cc1Nc1ncc(F)c(Nc2cc(C)c(-c3ccccc3)cc2OC)n1. The van der Waals surface area contributed by atoms with E-state index < -0.39 is 5.82 Å². The van der Waals surface area contributed by atoms with E-state index >= 15 is 0 Å². The van der Waals surface area contributed by atoms with Crippen LogP contribution in [-0.4, -0.2) is 24.2 Å². The third-order valence-corrected chi connectivity index (χ3v) is 6.51. The minimum atomic E-state index is -0.588. The number of aromatic nitrogens is 2. The molecule has 0 atom stereocenters. The topological polar surface area (TPSA) is 68.3 Å². The second-order valence-electron chi connectivity index (χ2n) is 9.11. The maximum absolute atomic E-state index is 14.8. The first-order valence-corrected chi connectivity index (χ1v) is 12.5. The van der Waals surface area contributed by atoms with Crippen LogP contribution in [0.3, 0.4) is 0 Å². The van der Waals surface area contributed by atoms with Gasteiger partial charge in [0, 0.05) is 0 Å². The third kappa shape index (κ3) is 5.52. The Morgan fingerprint density at radius 1 is 0.667 bits per heavy atom. The second kappa shape index (κ2) is 11.2. The minimum absolute atomic E-state index is 0.0225. The Labute approximate surface area is 227 Å². The number of benzene rings is 4. The van der Waals surface area contributed by atoms with Crippen LogP contribution in [0.25, 0.3) is 22.3 Å². The molecule has 5 aromatic rings. The number of nitrogens with one attached hydrogen (secondary N) is 2. The number of halogens is 1. The first-order valence-electron chi connectivity index (χ1n) is 12.5. The fourth-order valence-corrected chi connectivity index (χ4v) is 4.53. The summed E-state index contributed by atoms with van der Waals surface area (Å²) in [5.74, 6) is 0.848. The Morgan fingerprint density at radius 2 is 1.15 bits per heavy atom. The van der Waals surface area contributed by atoms with Crippen molar-refractivity contribution in [3.63, 3.8) is 0 Å². The first-order chi connectivity index (χ1) is 19.0. The average Bonchev–Trinajstić information content (AvgIpc) is 2.96. The largest absolute Gasteiger partial charge is 0.495 e. The monoisotopic (exact) mass is 520 g/mol. The molecule has 0 fully saturated rings. The molecule has 0 aliphatic heterocycles. The highest BCUT2D eigenvalue weighted by Gasteiger charge is 2.16. The summed E-state index contributed by atoms with van der Waals surface area (Å²) in [6.45, 7) is 4.03. The van der Waals surface area contributed by atoms with E-state index in [-0.39, 0.29) is 11.8 Å². The number of hydrogen-bond acceptors (Lipinski definition) is 6. The summed E-state index contributed by atoms with van der Waals surface area (Å²) < 4.78 is 26.1. The van der Waals surface area contributed by atoms with Gasteiger partial charge in [-0.05, 0) is 71.5 Å². The molecule has 0 radical (unpaired) electrons. The Morgan fingerprint density at radius 3 is 1.64 bits per heavy atom. The number of hydrogen-bond donors (Lipinski definition) is 2. The van der Waals surface area contributed by atoms with Gasteiger partial charge < -0.3 is 20.1 Å². The van der Waals surface area contributed by atoms with Crippen LogP contribution in [-0.2, 0) is 0 Å². The van der Waals surface area contributed by atoms with Crippen LogP contribution in [0.5, 0.6) is 11.5 Å². The Balaban J connectivity index is 1.44. The zero-order valence-corrected chi connectivity index (χ0v) is 22.2. The van der Waals surface area contributed by atoms with Gasteiger partial charge >= 0.3 is 0 Å². The molecule has 0 saturated carbocycles. The van der Waals surface area contributed by atoms with Gasteiger partial charge in [-0.3, -0.25) is 0 Å². The predicted molar refractivity (Wildman–Crippen MR) is 155 cm³/mol. The van der Waals surface area contributed by atoms with Crippen LogP contribution in [0.1, 0.15) is 11.1 Å². The molecule has 6 nitrogen and oxygen atoms in total. The molecule has 1 heterocycles. The van der Waals surface area contributed by atoms with E-state index in [9.17, 15) is 4.39 Å². The van der Waals surface area contributed by atoms with Gasteiger partial charge in [-0.1, -0.05) is 60.7 Å². The second-order valence-corrected chi connectivity index (χ2v) is 9.11. The van der Waals surface area contributed by atoms with Crippen molar-refractivity contribution in [1.82, 2.24) is 9.97 Å². The van der Waals surface area contributed by atoms with Crippen LogP contribution < -0.4 is 20.1 Å². The molecule has 0 bridgehead atoms. The van der Waals surface area contributed by atoms with Gasteiger partial charge in [0.05, 0.1) is 31.8 Å². The van der Waals surface area contributed by atoms with E-state index in [1.807, 2.05) is 86.6 Å². The molecule has 0 unspecified atom stereocenters. The Kier molecular flexibility index (Phi) is 7.41. The summed E-state index contributed by atoms with van der Waals surface area (Å²) >= 11 is 0. The van der Waals surface area contributed by atoms with Gasteiger partial charge in [0.2, 0.25) is 5.95 Å². The third-order valence-electron chi connectivity index (χ3n) is 6.51. The summed E-state index contributed by atoms with van der Waals surface area (Å²) in [6.07, 6.45) is 1.13. The highest BCUT2D eigenvalue weighted by molar-refractivity contribution is 5.78. The van der Waals surface area contributed by atoms with Crippen LogP contribution in [0.4, 0.5) is 27.5 Å². The normalized spacial score (nSPS) is 10.7. The van der Waals surface area contributed by atoms with Gasteiger partial charge in [0.1, 0.15) is 11.5 Å². The lowest BCUT2D eigenvalue weighted by Gasteiger charge is -2.17. The summed E-state index contributed by atoms with van der Waals surface area (Å²) in [6, 6.07) is 27.9. The molecule has 196 valence electrons. The van der Waals surface area contributed by atoms with Gasteiger partial charge in [-0.25, -0.2) is 9.37 Å². The molecular formula is C32H29FN4O2. The molecule has 0 amide bonds. The molecule has 7 heteroatoms. The molecular weight excluding hydrogens is 491 g/mol. The fraction of sp³-hybridized carbons (Fsp3) is 0.125. The van der Waals surface area contributed by atoms with Crippen molar-refractivity contribution in [2.45, 2.75) is 13.8 Å². The van der Waals surface area contributed by atoms with Crippen molar-refractivity contribution >= 4 is 23.1 Å². The van der Waals surface area contributed by atoms with Crippen molar-refractivity contribution in [2.24, 2.45) is 0 Å². The standard InChI is InChI=1S/C32H29FN4O2/c1-20-15-27(29(38-3)17-24(20)22-11-7-5-8-12-22)35-31-26(33)19-34-32(37-31)36-28-16-21(2)25(18-30(28)39-4)23-13-9-6-10-14-23/h5-19H,1-4H3,(H2,34,35,36,37). The van der Waals surface area contributed by atoms with Crippen molar-refractivity contribution in [1.29, 1.82) is 0 Å². The maximum Gasteiger partial charge on any atom is 0.229 e. The van der Waals surface area contributed by atoms with Crippen molar-refractivity contribution < 1.29 is 13.9 Å². The first kappa shape index (κ1) is 25.7. The molecule has 5 rings (SSSR count). The van der Waals surface area contributed by atoms with Gasteiger partial charge in [-0.15, -0.1) is 0 Å². The Bertz CT molecular complexity index is 1610. The van der Waals surface area contributed by atoms with Gasteiger partial charge in [0.15, 0.2) is 11.6 Å². The van der Waals surface area contributed by atoms with E-state index in [0.29, 0.717) is 22.9 Å². The van der Waals surface area contributed by atoms with Gasteiger partial charge in [-0.2, -0.15) is 4.98 Å². The number of aryl methyl sites for hydroxylation is 2. The van der Waals surface area contributed by atoms with Gasteiger partial charge in [0.25, 0.3) is 0 Å². The summed E-state index contributed by atoms with van der Waals surface area (Å²) in [7, 11) is 3.19. The van der Waals surface area contributed by atoms with Crippen LogP contribution in [0.2, 0.25) is 0 Å². The van der Waals surface area contributed by atoms with E-state index in [2.05, 4.69) is 32.7 Å². The van der Waals surface area contributed by atoms with E-state index in [0.717, 1.165) is 39.6 Å². The maximum atomic E-state index is 14.8. The lowest BCUT2D eigenvalue weighted by Crippen LogP contribution is -2.05. The molecule has 0 saturated heterocycles. The number of rotatable bonds is 8. The average molecular weight is 521 g/mol. The van der Waals surface area contributed by atoms with E-state index in [1.54, 1.807) is 14.2 Å². The van der Waals surface area contributed by atoms with Crippen LogP contribution >= 0.6 is 0 Å². The number of nitrogens with zero attached hydrogens (tertiary/aromatic N) is 2. The summed E-state index contributed by atoms with van der Waals surface area (Å²) in [5, 5.41) is 6.27. The smallest absolute Gasteiger partial charge is 0.229 e.